The molecule has 0 aromatic carbocycles. The zero-order valence-corrected chi connectivity index (χ0v) is 16.2. The Hall–Kier alpha value is 0.0269. The van der Waals surface area contributed by atoms with Crippen LogP contribution in [0.4, 0.5) is 0 Å². The van der Waals surface area contributed by atoms with Crippen LogP contribution in [0.15, 0.2) is 12.2 Å². The molecule has 1 fully saturated rings. The fraction of sp³-hybridized carbons (Fsp3) is 0.867. The number of hydrogen-bond acceptors (Lipinski definition) is 5. The molecule has 1 unspecified atom stereocenters. The fourth-order valence-electron chi connectivity index (χ4n) is 2.26. The van der Waals surface area contributed by atoms with E-state index in [1.807, 2.05) is 12.2 Å². The Balaban J connectivity index is 1.78. The van der Waals surface area contributed by atoms with Crippen LogP contribution in [-0.2, 0) is 22.6 Å². The molecule has 0 radical (unpaired) electrons. The van der Waals surface area contributed by atoms with E-state index in [1.165, 1.54) is 0 Å². The predicted octanol–water partition coefficient (Wildman–Crippen LogP) is 4.66. The summed E-state index contributed by atoms with van der Waals surface area (Å²) in [5, 5.41) is 0.223. The van der Waals surface area contributed by atoms with Crippen molar-refractivity contribution in [1.82, 2.24) is 0 Å². The molecule has 0 aromatic rings. The summed E-state index contributed by atoms with van der Waals surface area (Å²) in [5.41, 5.74) is 0. The summed E-state index contributed by atoms with van der Waals surface area (Å²) >= 11 is 0. The third kappa shape index (κ3) is 4.76. The lowest BCUT2D eigenvalue weighted by atomic mass is 10.1. The van der Waals surface area contributed by atoms with Gasteiger partial charge in [-0.05, 0) is 31.0 Å². The van der Waals surface area contributed by atoms with Crippen LogP contribution in [0.2, 0.25) is 18.1 Å². The Morgan fingerprint density at radius 2 is 2.05 bits per heavy atom. The number of rotatable bonds is 5. The molecule has 0 N–H and O–H groups in total. The van der Waals surface area contributed by atoms with Crippen molar-refractivity contribution in [3.63, 3.8) is 0 Å². The minimum atomic E-state index is -3.37. The highest BCUT2D eigenvalue weighted by Gasteiger charge is 2.41. The maximum Gasteiger partial charge on any atom is 0.475 e. The van der Waals surface area contributed by atoms with Gasteiger partial charge in [0.2, 0.25) is 0 Å². The van der Waals surface area contributed by atoms with Crippen LogP contribution in [0, 0.1) is 0 Å². The second kappa shape index (κ2) is 6.87. The molecule has 0 spiro atoms. The first kappa shape index (κ1) is 18.4. The Morgan fingerprint density at radius 3 is 2.73 bits per heavy atom. The Labute approximate surface area is 135 Å². The van der Waals surface area contributed by atoms with Crippen LogP contribution in [-0.4, -0.2) is 33.7 Å². The second-order valence-electron chi connectivity index (χ2n) is 7.53. The summed E-state index contributed by atoms with van der Waals surface area (Å²) in [4.78, 5) is 0. The van der Waals surface area contributed by atoms with Crippen LogP contribution in [0.5, 0.6) is 0 Å². The zero-order valence-electron chi connectivity index (χ0n) is 14.3. The van der Waals surface area contributed by atoms with Gasteiger partial charge in [0.05, 0.1) is 18.8 Å². The quantitative estimate of drug-likeness (QED) is 0.313. The van der Waals surface area contributed by atoms with E-state index in [9.17, 15) is 4.57 Å². The number of phosphoric ester groups is 1. The van der Waals surface area contributed by atoms with Gasteiger partial charge >= 0.3 is 7.82 Å². The lowest BCUT2D eigenvalue weighted by molar-refractivity contribution is 0.00780. The average Bonchev–Trinajstić information content (AvgIpc) is 2.51. The van der Waals surface area contributed by atoms with Crippen molar-refractivity contribution < 1.29 is 22.6 Å². The molecule has 22 heavy (non-hydrogen) atoms. The van der Waals surface area contributed by atoms with Gasteiger partial charge < -0.3 is 4.43 Å². The van der Waals surface area contributed by atoms with Gasteiger partial charge in [-0.15, -0.1) is 0 Å². The van der Waals surface area contributed by atoms with E-state index in [0.717, 1.165) is 25.9 Å². The zero-order chi connectivity index (χ0) is 16.4. The van der Waals surface area contributed by atoms with E-state index in [4.69, 9.17) is 18.0 Å². The van der Waals surface area contributed by atoms with E-state index >= 15 is 0 Å². The lowest BCUT2D eigenvalue weighted by Crippen LogP contribution is -2.41. The highest BCUT2D eigenvalue weighted by atomic mass is 31.2. The number of phosphoric acid groups is 1. The standard InChI is InChI=1S/C15H29O5PSi/c1-15(2,3)22(4,5)18-11-7-9-14-12-13-8-6-10-17-21(16,19-13)20-14/h6,8,13-14H,7,9-12H2,1-5H3/t13-,14-,21?/m1/s1. The summed E-state index contributed by atoms with van der Waals surface area (Å²) in [7, 11) is -5.06. The van der Waals surface area contributed by atoms with Crippen molar-refractivity contribution in [2.24, 2.45) is 0 Å². The molecular weight excluding hydrogens is 319 g/mol. The van der Waals surface area contributed by atoms with Gasteiger partial charge in [0, 0.05) is 13.0 Å². The topological polar surface area (TPSA) is 54.0 Å². The summed E-state index contributed by atoms with van der Waals surface area (Å²) in [5.74, 6) is 0. The van der Waals surface area contributed by atoms with E-state index in [0.29, 0.717) is 0 Å². The Morgan fingerprint density at radius 1 is 1.32 bits per heavy atom. The van der Waals surface area contributed by atoms with Crippen molar-refractivity contribution in [3.8, 4) is 0 Å². The molecule has 0 saturated carbocycles. The van der Waals surface area contributed by atoms with Gasteiger partial charge in [0.15, 0.2) is 8.32 Å². The highest BCUT2D eigenvalue weighted by molar-refractivity contribution is 7.48. The average molecular weight is 348 g/mol. The molecule has 0 aromatic heterocycles. The van der Waals surface area contributed by atoms with E-state index in [2.05, 4.69) is 33.9 Å². The molecule has 1 saturated heterocycles. The SMILES string of the molecule is CC(C)(C)[Si](C)(C)OCCC[C@@H]1C[C@H]2C=CCOP(=O)(O1)O2. The van der Waals surface area contributed by atoms with E-state index in [1.54, 1.807) is 0 Å². The summed E-state index contributed by atoms with van der Waals surface area (Å²) in [6, 6.07) is 0. The summed E-state index contributed by atoms with van der Waals surface area (Å²) in [6.07, 6.45) is 5.95. The van der Waals surface area contributed by atoms with E-state index in [-0.39, 0.29) is 23.9 Å². The van der Waals surface area contributed by atoms with Crippen LogP contribution < -0.4 is 0 Å². The van der Waals surface area contributed by atoms with Crippen molar-refractivity contribution in [2.75, 3.05) is 13.2 Å². The minimum Gasteiger partial charge on any atom is -0.417 e. The van der Waals surface area contributed by atoms with Crippen molar-refractivity contribution >= 4 is 16.1 Å². The Kier molecular flexibility index (Phi) is 5.74. The Bertz CT molecular complexity index is 457. The van der Waals surface area contributed by atoms with Crippen molar-refractivity contribution in [2.45, 2.75) is 70.4 Å². The predicted molar refractivity (Wildman–Crippen MR) is 89.4 cm³/mol. The van der Waals surface area contributed by atoms with E-state index < -0.39 is 16.1 Å². The third-order valence-electron chi connectivity index (χ3n) is 4.66. The maximum absolute atomic E-state index is 12.3. The molecule has 7 heteroatoms. The van der Waals surface area contributed by atoms with Crippen LogP contribution in [0.25, 0.3) is 0 Å². The smallest absolute Gasteiger partial charge is 0.417 e. The molecule has 3 atom stereocenters. The fourth-order valence-corrected chi connectivity index (χ4v) is 4.83. The molecule has 5 nitrogen and oxygen atoms in total. The van der Waals surface area contributed by atoms with Gasteiger partial charge in [-0.1, -0.05) is 32.9 Å². The van der Waals surface area contributed by atoms with Crippen LogP contribution >= 0.6 is 7.82 Å². The first-order valence-electron chi connectivity index (χ1n) is 8.03. The molecule has 2 rings (SSSR count). The maximum atomic E-state index is 12.3. The molecule has 128 valence electrons. The molecule has 0 amide bonds. The number of fused-ring (bicyclic) bond motifs is 2. The third-order valence-corrected chi connectivity index (χ3v) is 10.7. The van der Waals surface area contributed by atoms with Gasteiger partial charge in [-0.2, -0.15) is 0 Å². The molecular formula is C15H29O5PSi. The number of hydrogen-bond donors (Lipinski definition) is 0. The molecule has 2 bridgehead atoms. The van der Waals surface area contributed by atoms with Gasteiger partial charge in [-0.3, -0.25) is 13.6 Å². The monoisotopic (exact) mass is 348 g/mol. The first-order valence-corrected chi connectivity index (χ1v) is 12.4. The molecule has 2 heterocycles. The van der Waals surface area contributed by atoms with Crippen LogP contribution in [0.1, 0.15) is 40.0 Å². The lowest BCUT2D eigenvalue weighted by Gasteiger charge is -2.36. The minimum absolute atomic E-state index is 0.0876. The second-order valence-corrected chi connectivity index (χ2v) is 13.9. The largest absolute Gasteiger partial charge is 0.475 e. The summed E-state index contributed by atoms with van der Waals surface area (Å²) in [6.45, 7) is 12.2. The first-order chi connectivity index (χ1) is 10.1. The normalized spacial score (nSPS) is 32.8. The molecule has 2 aliphatic heterocycles. The highest BCUT2D eigenvalue weighted by Crippen LogP contribution is 2.57. The van der Waals surface area contributed by atoms with Crippen LogP contribution in [0.3, 0.4) is 0 Å². The van der Waals surface area contributed by atoms with Gasteiger partial charge in [0.25, 0.3) is 0 Å². The molecule has 0 aliphatic carbocycles. The van der Waals surface area contributed by atoms with Gasteiger partial charge in [0.1, 0.15) is 0 Å². The summed E-state index contributed by atoms with van der Waals surface area (Å²) < 4.78 is 34.6. The van der Waals surface area contributed by atoms with Gasteiger partial charge in [-0.25, -0.2) is 4.57 Å². The molecule has 2 aliphatic rings. The van der Waals surface area contributed by atoms with Crippen molar-refractivity contribution in [1.29, 1.82) is 0 Å². The van der Waals surface area contributed by atoms with Crippen molar-refractivity contribution in [3.05, 3.63) is 12.2 Å².